The Morgan fingerprint density at radius 1 is 1.26 bits per heavy atom. The highest BCUT2D eigenvalue weighted by atomic mass is 16.6. The van der Waals surface area contributed by atoms with E-state index in [1.807, 2.05) is 44.2 Å². The Morgan fingerprint density at radius 2 is 1.87 bits per heavy atom. The normalized spacial score (nSPS) is 14.9. The third-order valence-electron chi connectivity index (χ3n) is 3.73. The molecule has 6 N–H and O–H groups in total. The summed E-state index contributed by atoms with van der Waals surface area (Å²) in [4.78, 5) is 12.6. The molecule has 0 aromatic heterocycles. The van der Waals surface area contributed by atoms with E-state index in [0.29, 0.717) is 0 Å². The first-order chi connectivity index (χ1) is 10.4. The van der Waals surface area contributed by atoms with Crippen molar-refractivity contribution in [1.29, 1.82) is 0 Å². The molecule has 0 heterocycles. The maximum Gasteiger partial charge on any atom is 0.382 e. The third-order valence-corrected chi connectivity index (χ3v) is 3.73. The number of quaternary nitrogens is 1. The van der Waals surface area contributed by atoms with Gasteiger partial charge in [0.25, 0.3) is 0 Å². The zero-order valence-corrected chi connectivity index (χ0v) is 14.5. The maximum absolute atomic E-state index is 12.6. The Kier molecular flexibility index (Phi) is 9.87. The van der Waals surface area contributed by atoms with Gasteiger partial charge in [-0.1, -0.05) is 63.9 Å². The van der Waals surface area contributed by atoms with Crippen LogP contribution in [0.2, 0.25) is 0 Å². The van der Waals surface area contributed by atoms with Gasteiger partial charge in [-0.2, -0.15) is 5.21 Å². The molecule has 1 rings (SSSR count). The van der Waals surface area contributed by atoms with Gasteiger partial charge in [-0.3, -0.25) is 0 Å². The van der Waals surface area contributed by atoms with E-state index in [0.717, 1.165) is 31.4 Å². The van der Waals surface area contributed by atoms with Gasteiger partial charge in [0.1, 0.15) is 6.04 Å². The van der Waals surface area contributed by atoms with Crippen molar-refractivity contribution in [3.63, 3.8) is 0 Å². The molecule has 0 saturated heterocycles. The minimum absolute atomic E-state index is 0. The first-order valence-corrected chi connectivity index (χ1v) is 8.09. The summed E-state index contributed by atoms with van der Waals surface area (Å²) < 4.78 is -1.12. The van der Waals surface area contributed by atoms with Gasteiger partial charge in [0, 0.05) is 5.56 Å². The number of hydroxylamine groups is 2. The number of hydrogen-bond acceptors (Lipinski definition) is 4. The van der Waals surface area contributed by atoms with Gasteiger partial charge in [0.2, 0.25) is 0 Å². The van der Waals surface area contributed by atoms with Crippen LogP contribution in [0.3, 0.4) is 0 Å². The van der Waals surface area contributed by atoms with Gasteiger partial charge in [0.15, 0.2) is 6.54 Å². The summed E-state index contributed by atoms with van der Waals surface area (Å²) in [5.74, 6) is 5.54. The summed E-state index contributed by atoms with van der Waals surface area (Å²) >= 11 is 0. The maximum atomic E-state index is 12.6. The lowest BCUT2D eigenvalue weighted by Gasteiger charge is -2.28. The molecule has 0 saturated carbocycles. The number of hydrogen-bond donors (Lipinski definition) is 3. The lowest BCUT2D eigenvalue weighted by atomic mass is 10.0. The number of nitrogens with zero attached hydrogens (tertiary/aromatic N) is 1. The SMILES string of the molecule is CCCCCNC(C(=O)[N+](N)(O)Cc1ccccc1)C(C)C.O. The lowest BCUT2D eigenvalue weighted by Crippen LogP contribution is -2.62. The van der Waals surface area contributed by atoms with Crippen molar-refractivity contribution in [3.05, 3.63) is 35.9 Å². The van der Waals surface area contributed by atoms with Crippen molar-refractivity contribution < 1.29 is 20.2 Å². The number of unbranched alkanes of at least 4 members (excludes halogenated alkanes) is 2. The van der Waals surface area contributed by atoms with Crippen molar-refractivity contribution in [1.82, 2.24) is 5.32 Å². The van der Waals surface area contributed by atoms with Crippen molar-refractivity contribution in [2.75, 3.05) is 6.54 Å². The summed E-state index contributed by atoms with van der Waals surface area (Å²) in [6.45, 7) is 6.88. The molecule has 0 radical (unpaired) electrons. The fourth-order valence-corrected chi connectivity index (χ4v) is 2.42. The smallest absolute Gasteiger partial charge is 0.382 e. The number of benzene rings is 1. The van der Waals surface area contributed by atoms with E-state index in [2.05, 4.69) is 12.2 Å². The minimum Gasteiger partial charge on any atom is -0.412 e. The molecule has 0 fully saturated rings. The molecule has 132 valence electrons. The largest absolute Gasteiger partial charge is 0.412 e. The van der Waals surface area contributed by atoms with Gasteiger partial charge in [-0.15, -0.1) is 5.84 Å². The highest BCUT2D eigenvalue weighted by Gasteiger charge is 2.40. The Labute approximate surface area is 139 Å². The number of carbonyl (C=O) groups excluding carboxylic acids is 1. The van der Waals surface area contributed by atoms with E-state index in [-0.39, 0.29) is 17.9 Å². The molecular weight excluding hydrogens is 294 g/mol. The predicted octanol–water partition coefficient (Wildman–Crippen LogP) is 1.77. The highest BCUT2D eigenvalue weighted by Crippen LogP contribution is 2.13. The van der Waals surface area contributed by atoms with Crippen LogP contribution >= 0.6 is 0 Å². The third kappa shape index (κ3) is 7.20. The molecule has 6 nitrogen and oxygen atoms in total. The van der Waals surface area contributed by atoms with Crippen LogP contribution in [-0.4, -0.2) is 33.9 Å². The standard InChI is InChI=1S/C17H30N3O2.H2O/c1-4-5-9-12-19-16(14(2)3)17(21)20(18,22)13-15-10-7-6-8-11-15;/h6-8,10-11,14,16,19,22H,4-5,9,12-13,18H2,1-3H3;1H2/q+1;. The van der Waals surface area contributed by atoms with E-state index in [1.165, 1.54) is 0 Å². The van der Waals surface area contributed by atoms with E-state index < -0.39 is 16.7 Å². The number of nitrogens with two attached hydrogens (primary N) is 1. The number of rotatable bonds is 9. The second-order valence-electron chi connectivity index (χ2n) is 6.19. The molecule has 1 aromatic rings. The van der Waals surface area contributed by atoms with Crippen LogP contribution in [0.1, 0.15) is 45.6 Å². The highest BCUT2D eigenvalue weighted by molar-refractivity contribution is 5.74. The second kappa shape index (κ2) is 10.5. The second-order valence-corrected chi connectivity index (χ2v) is 6.19. The zero-order chi connectivity index (χ0) is 16.6. The number of carbonyl (C=O) groups is 1. The average molecular weight is 326 g/mol. The fraction of sp³-hybridized carbons (Fsp3) is 0.588. The van der Waals surface area contributed by atoms with Gasteiger partial charge in [0.05, 0.1) is 0 Å². The number of amides is 1. The van der Waals surface area contributed by atoms with Gasteiger partial charge in [-0.25, -0.2) is 4.79 Å². The summed E-state index contributed by atoms with van der Waals surface area (Å²) in [5, 5.41) is 13.6. The van der Waals surface area contributed by atoms with Crippen molar-refractivity contribution in [3.8, 4) is 0 Å². The van der Waals surface area contributed by atoms with Crippen molar-refractivity contribution in [2.24, 2.45) is 11.8 Å². The first kappa shape index (κ1) is 21.7. The van der Waals surface area contributed by atoms with E-state index >= 15 is 0 Å². The molecule has 2 atom stereocenters. The molecule has 2 unspecified atom stereocenters. The van der Waals surface area contributed by atoms with Crippen molar-refractivity contribution >= 4 is 5.91 Å². The van der Waals surface area contributed by atoms with Gasteiger partial charge >= 0.3 is 5.91 Å². The average Bonchev–Trinajstić information content (AvgIpc) is 2.47. The van der Waals surface area contributed by atoms with Gasteiger partial charge in [-0.05, 0) is 23.6 Å². The summed E-state index contributed by atoms with van der Waals surface area (Å²) in [6.07, 6.45) is 3.27. The summed E-state index contributed by atoms with van der Waals surface area (Å²) in [7, 11) is 0. The Balaban J connectivity index is 0.00000484. The quantitative estimate of drug-likeness (QED) is 0.160. The molecule has 6 heteroatoms. The molecule has 0 aliphatic heterocycles. The molecule has 1 amide bonds. The molecular formula is C17H32N3O3+. The number of nitrogens with one attached hydrogen (secondary N) is 1. The predicted molar refractivity (Wildman–Crippen MR) is 91.2 cm³/mol. The van der Waals surface area contributed by atoms with Crippen LogP contribution < -0.4 is 11.2 Å². The van der Waals surface area contributed by atoms with Crippen molar-refractivity contribution in [2.45, 2.75) is 52.6 Å². The fourth-order valence-electron chi connectivity index (χ4n) is 2.42. The topological polar surface area (TPSA) is 107 Å². The van der Waals surface area contributed by atoms with Crippen LogP contribution in [-0.2, 0) is 11.3 Å². The molecule has 0 aliphatic carbocycles. The van der Waals surface area contributed by atoms with Crippen LogP contribution in [0, 0.1) is 5.92 Å². The van der Waals surface area contributed by atoms with E-state index in [1.54, 1.807) is 0 Å². The molecule has 1 aromatic carbocycles. The Bertz CT molecular complexity index is 450. The van der Waals surface area contributed by atoms with Crippen LogP contribution in [0.4, 0.5) is 0 Å². The lowest BCUT2D eigenvalue weighted by molar-refractivity contribution is -1.06. The Morgan fingerprint density at radius 3 is 2.39 bits per heavy atom. The molecule has 23 heavy (non-hydrogen) atoms. The molecule has 0 aliphatic rings. The molecule has 0 bridgehead atoms. The zero-order valence-electron chi connectivity index (χ0n) is 14.5. The summed E-state index contributed by atoms with van der Waals surface area (Å²) in [5.41, 5.74) is 0.828. The minimum atomic E-state index is -1.12. The van der Waals surface area contributed by atoms with E-state index in [4.69, 9.17) is 5.84 Å². The summed E-state index contributed by atoms with van der Waals surface area (Å²) in [6, 6.07) is 8.87. The molecule has 0 spiro atoms. The van der Waals surface area contributed by atoms with Crippen LogP contribution in [0.25, 0.3) is 0 Å². The van der Waals surface area contributed by atoms with Crippen LogP contribution in [0.5, 0.6) is 0 Å². The first-order valence-electron chi connectivity index (χ1n) is 8.09. The monoisotopic (exact) mass is 326 g/mol. The van der Waals surface area contributed by atoms with Crippen LogP contribution in [0.15, 0.2) is 30.3 Å². The van der Waals surface area contributed by atoms with Gasteiger partial charge < -0.3 is 10.8 Å². The van der Waals surface area contributed by atoms with E-state index in [9.17, 15) is 10.0 Å². The Hall–Kier alpha value is -1.31.